The van der Waals surface area contributed by atoms with Crippen molar-refractivity contribution < 1.29 is 9.18 Å². The van der Waals surface area contributed by atoms with E-state index < -0.39 is 0 Å². The maximum Gasteiger partial charge on any atom is 0.257 e. The number of thiocarbonyl (C=S) groups is 1. The second kappa shape index (κ2) is 8.07. The van der Waals surface area contributed by atoms with Gasteiger partial charge in [-0.1, -0.05) is 29.5 Å². The molecule has 0 saturated carbocycles. The number of hydrazine groups is 1. The Bertz CT molecular complexity index is 926. The van der Waals surface area contributed by atoms with Crippen molar-refractivity contribution in [2.24, 2.45) is 0 Å². The lowest BCUT2D eigenvalue weighted by molar-refractivity contribution is -0.119. The van der Waals surface area contributed by atoms with Crippen LogP contribution in [0.3, 0.4) is 0 Å². The molecule has 26 heavy (non-hydrogen) atoms. The van der Waals surface area contributed by atoms with Gasteiger partial charge >= 0.3 is 0 Å². The summed E-state index contributed by atoms with van der Waals surface area (Å²) in [7, 11) is 0. The van der Waals surface area contributed by atoms with E-state index in [4.69, 9.17) is 12.2 Å². The zero-order valence-electron chi connectivity index (χ0n) is 13.8. The van der Waals surface area contributed by atoms with Crippen molar-refractivity contribution in [1.82, 2.24) is 15.8 Å². The quantitative estimate of drug-likeness (QED) is 0.406. The van der Waals surface area contributed by atoms with E-state index in [1.165, 1.54) is 17.4 Å². The van der Waals surface area contributed by atoms with Gasteiger partial charge in [-0.3, -0.25) is 15.6 Å². The topological polar surface area (TPSA) is 78.1 Å². The van der Waals surface area contributed by atoms with Crippen LogP contribution in [0.1, 0.15) is 5.56 Å². The maximum atomic E-state index is 13.5. The molecule has 3 rings (SSSR count). The molecule has 0 bridgehead atoms. The van der Waals surface area contributed by atoms with Gasteiger partial charge in [-0.05, 0) is 49.0 Å². The van der Waals surface area contributed by atoms with E-state index in [0.29, 0.717) is 16.4 Å². The SMILES string of the molecule is Cc1ccc(NC(=S)NNC(=O)CNc2nc3ccccc3s2)cc1F. The first kappa shape index (κ1) is 18.0. The van der Waals surface area contributed by atoms with Gasteiger partial charge in [0, 0.05) is 5.69 Å². The minimum Gasteiger partial charge on any atom is -0.352 e. The highest BCUT2D eigenvalue weighted by atomic mass is 32.1. The summed E-state index contributed by atoms with van der Waals surface area (Å²) >= 11 is 6.53. The second-order valence-electron chi connectivity index (χ2n) is 5.43. The van der Waals surface area contributed by atoms with E-state index in [2.05, 4.69) is 26.5 Å². The summed E-state index contributed by atoms with van der Waals surface area (Å²) in [5.74, 6) is -0.648. The molecule has 1 heterocycles. The number of benzene rings is 2. The number of carbonyl (C=O) groups is 1. The van der Waals surface area contributed by atoms with E-state index in [0.717, 1.165) is 10.2 Å². The fourth-order valence-corrected chi connectivity index (χ4v) is 3.14. The van der Waals surface area contributed by atoms with Crippen molar-refractivity contribution in [1.29, 1.82) is 0 Å². The molecule has 1 aromatic heterocycles. The minimum atomic E-state index is -0.332. The lowest BCUT2D eigenvalue weighted by Gasteiger charge is -2.12. The molecule has 2 aromatic carbocycles. The molecule has 134 valence electrons. The van der Waals surface area contributed by atoms with Crippen LogP contribution in [0.15, 0.2) is 42.5 Å². The number of hydrogen-bond donors (Lipinski definition) is 4. The Balaban J connectivity index is 1.44. The Labute approximate surface area is 158 Å². The number of anilines is 2. The van der Waals surface area contributed by atoms with Crippen molar-refractivity contribution in [2.75, 3.05) is 17.2 Å². The zero-order valence-corrected chi connectivity index (χ0v) is 15.4. The Kier molecular flexibility index (Phi) is 5.59. The number of nitrogens with zero attached hydrogens (tertiary/aromatic N) is 1. The predicted octanol–water partition coefficient (Wildman–Crippen LogP) is 3.17. The summed E-state index contributed by atoms with van der Waals surface area (Å²) in [5.41, 5.74) is 6.95. The molecule has 0 aliphatic carbocycles. The molecule has 0 saturated heterocycles. The third-order valence-electron chi connectivity index (χ3n) is 3.44. The van der Waals surface area contributed by atoms with Gasteiger partial charge in [-0.15, -0.1) is 0 Å². The van der Waals surface area contributed by atoms with Gasteiger partial charge in [0.25, 0.3) is 5.91 Å². The van der Waals surface area contributed by atoms with Crippen molar-refractivity contribution in [3.05, 3.63) is 53.8 Å². The van der Waals surface area contributed by atoms with Crippen LogP contribution in [0.2, 0.25) is 0 Å². The first-order valence-corrected chi connectivity index (χ1v) is 8.95. The third kappa shape index (κ3) is 4.64. The highest BCUT2D eigenvalue weighted by Gasteiger charge is 2.06. The number of nitrogens with one attached hydrogen (secondary N) is 4. The lowest BCUT2D eigenvalue weighted by Crippen LogP contribution is -2.45. The van der Waals surface area contributed by atoms with Crippen LogP contribution in [0.25, 0.3) is 10.2 Å². The molecule has 6 nitrogen and oxygen atoms in total. The van der Waals surface area contributed by atoms with Crippen LogP contribution >= 0.6 is 23.6 Å². The van der Waals surface area contributed by atoms with E-state index in [1.54, 1.807) is 19.1 Å². The molecule has 0 aliphatic heterocycles. The summed E-state index contributed by atoms with van der Waals surface area (Å²) in [5, 5.41) is 6.57. The summed E-state index contributed by atoms with van der Waals surface area (Å²) in [6.45, 7) is 1.71. The van der Waals surface area contributed by atoms with Crippen molar-refractivity contribution in [3.8, 4) is 0 Å². The fourth-order valence-electron chi connectivity index (χ4n) is 2.11. The summed E-state index contributed by atoms with van der Waals surface area (Å²) in [4.78, 5) is 16.3. The van der Waals surface area contributed by atoms with Crippen molar-refractivity contribution >= 4 is 55.6 Å². The smallest absolute Gasteiger partial charge is 0.257 e. The fraction of sp³-hybridized carbons (Fsp3) is 0.118. The second-order valence-corrected chi connectivity index (χ2v) is 6.87. The van der Waals surface area contributed by atoms with E-state index in [1.807, 2.05) is 24.3 Å². The van der Waals surface area contributed by atoms with Gasteiger partial charge in [0.2, 0.25) is 0 Å². The zero-order chi connectivity index (χ0) is 18.5. The molecule has 0 fully saturated rings. The van der Waals surface area contributed by atoms with Crippen LogP contribution in [-0.2, 0) is 4.79 Å². The number of aryl methyl sites for hydroxylation is 1. The normalized spacial score (nSPS) is 10.4. The monoisotopic (exact) mass is 389 g/mol. The van der Waals surface area contributed by atoms with E-state index in [9.17, 15) is 9.18 Å². The van der Waals surface area contributed by atoms with Crippen LogP contribution in [0.4, 0.5) is 15.2 Å². The lowest BCUT2D eigenvalue weighted by atomic mass is 10.2. The molecule has 0 unspecified atom stereocenters. The standard InChI is InChI=1S/C17H16FN5OS2/c1-10-6-7-11(8-12(10)18)20-16(25)23-22-15(24)9-19-17-21-13-4-2-3-5-14(13)26-17/h2-8H,9H2,1H3,(H,19,21)(H,22,24)(H2,20,23,25). The highest BCUT2D eigenvalue weighted by Crippen LogP contribution is 2.24. The number of para-hydroxylation sites is 1. The Morgan fingerprint density at radius 1 is 1.23 bits per heavy atom. The molecular weight excluding hydrogens is 373 g/mol. The molecule has 9 heteroatoms. The molecule has 0 spiro atoms. The molecule has 0 aliphatic rings. The Hall–Kier alpha value is -2.78. The number of rotatable bonds is 4. The number of fused-ring (bicyclic) bond motifs is 1. The number of halogens is 1. The minimum absolute atomic E-state index is 0.0363. The predicted molar refractivity (Wildman–Crippen MR) is 107 cm³/mol. The molecule has 4 N–H and O–H groups in total. The Morgan fingerprint density at radius 3 is 2.81 bits per heavy atom. The van der Waals surface area contributed by atoms with Gasteiger partial charge in [-0.25, -0.2) is 9.37 Å². The van der Waals surface area contributed by atoms with Crippen LogP contribution in [-0.4, -0.2) is 22.5 Å². The van der Waals surface area contributed by atoms with Gasteiger partial charge < -0.3 is 10.6 Å². The molecule has 0 atom stereocenters. The number of carbonyl (C=O) groups excluding carboxylic acids is 1. The maximum absolute atomic E-state index is 13.5. The molecular formula is C17H16FN5OS2. The van der Waals surface area contributed by atoms with Gasteiger partial charge in [0.1, 0.15) is 5.82 Å². The van der Waals surface area contributed by atoms with Crippen molar-refractivity contribution in [3.63, 3.8) is 0 Å². The molecule has 0 radical (unpaired) electrons. The summed E-state index contributed by atoms with van der Waals surface area (Å²) in [6.07, 6.45) is 0. The largest absolute Gasteiger partial charge is 0.352 e. The van der Waals surface area contributed by atoms with Crippen LogP contribution < -0.4 is 21.5 Å². The first-order chi connectivity index (χ1) is 12.5. The van der Waals surface area contributed by atoms with E-state index >= 15 is 0 Å². The van der Waals surface area contributed by atoms with Crippen LogP contribution in [0.5, 0.6) is 0 Å². The first-order valence-electron chi connectivity index (χ1n) is 7.73. The number of thiazole rings is 1. The average molecular weight is 389 g/mol. The third-order valence-corrected chi connectivity index (χ3v) is 4.64. The molecule has 1 amide bonds. The van der Waals surface area contributed by atoms with Gasteiger partial charge in [0.05, 0.1) is 16.8 Å². The van der Waals surface area contributed by atoms with Crippen LogP contribution in [0, 0.1) is 12.7 Å². The number of hydrogen-bond acceptors (Lipinski definition) is 5. The number of aromatic nitrogens is 1. The highest BCUT2D eigenvalue weighted by molar-refractivity contribution is 7.80. The summed E-state index contributed by atoms with van der Waals surface area (Å²) in [6, 6.07) is 12.4. The Morgan fingerprint density at radius 2 is 2.04 bits per heavy atom. The number of amides is 1. The van der Waals surface area contributed by atoms with Gasteiger partial charge in [0.15, 0.2) is 10.2 Å². The summed E-state index contributed by atoms with van der Waals surface area (Å²) < 4.78 is 14.5. The molecule has 3 aromatic rings. The van der Waals surface area contributed by atoms with Gasteiger partial charge in [-0.2, -0.15) is 0 Å². The van der Waals surface area contributed by atoms with Crippen molar-refractivity contribution in [2.45, 2.75) is 6.92 Å². The average Bonchev–Trinajstić information content (AvgIpc) is 3.04. The van der Waals surface area contributed by atoms with E-state index in [-0.39, 0.29) is 23.4 Å².